The summed E-state index contributed by atoms with van der Waals surface area (Å²) in [5.41, 5.74) is 11.2. The molecule has 0 aliphatic carbocycles. The van der Waals surface area contributed by atoms with E-state index in [9.17, 15) is 9.59 Å². The maximum atomic E-state index is 12.1. The zero-order chi connectivity index (χ0) is 17.5. The molecule has 0 saturated heterocycles. The van der Waals surface area contributed by atoms with Crippen LogP contribution in [0.4, 0.5) is 22.1 Å². The lowest BCUT2D eigenvalue weighted by Crippen LogP contribution is -2.21. The van der Waals surface area contributed by atoms with Gasteiger partial charge in [-0.3, -0.25) is 10.1 Å². The minimum Gasteiger partial charge on any atom is -0.495 e. The number of hydrogen-bond donors (Lipinski definition) is 4. The van der Waals surface area contributed by atoms with Crippen molar-refractivity contribution < 1.29 is 14.3 Å². The maximum Gasteiger partial charge on any atom is 0.324 e. The van der Waals surface area contributed by atoms with Crippen molar-refractivity contribution in [2.24, 2.45) is 5.73 Å². The summed E-state index contributed by atoms with van der Waals surface area (Å²) in [5, 5.41) is 5.42. The molecule has 1 aromatic carbocycles. The number of aromatic nitrogens is 2. The molecule has 6 N–H and O–H groups in total. The van der Waals surface area contributed by atoms with Crippen molar-refractivity contribution in [1.82, 2.24) is 9.97 Å². The zero-order valence-corrected chi connectivity index (χ0v) is 13.6. The van der Waals surface area contributed by atoms with E-state index >= 15 is 0 Å². The van der Waals surface area contributed by atoms with Crippen LogP contribution in [0.25, 0.3) is 0 Å². The molecule has 1 heterocycles. The van der Waals surface area contributed by atoms with Crippen molar-refractivity contribution in [2.75, 3.05) is 29.2 Å². The van der Waals surface area contributed by atoms with E-state index in [2.05, 4.69) is 20.6 Å². The van der Waals surface area contributed by atoms with Crippen molar-refractivity contribution in [3.05, 3.63) is 30.3 Å². The third-order valence-electron chi connectivity index (χ3n) is 2.67. The molecule has 0 unspecified atom stereocenters. The van der Waals surface area contributed by atoms with E-state index in [1.807, 2.05) is 0 Å². The number of nitrogens with one attached hydrogen (secondary N) is 2. The fraction of sp³-hybridized carbons (Fsp3) is 0.143. The summed E-state index contributed by atoms with van der Waals surface area (Å²) >= 11 is 1.03. The number of carbonyl (C=O) groups is 2. The van der Waals surface area contributed by atoms with E-state index in [4.69, 9.17) is 16.2 Å². The molecule has 0 fully saturated rings. The molecule has 0 spiro atoms. The Morgan fingerprint density at radius 2 is 2.00 bits per heavy atom. The van der Waals surface area contributed by atoms with Gasteiger partial charge < -0.3 is 21.5 Å². The van der Waals surface area contributed by atoms with Gasteiger partial charge in [0.2, 0.25) is 5.91 Å². The first kappa shape index (κ1) is 17.3. The molecule has 0 aliphatic heterocycles. The fourth-order valence-corrected chi connectivity index (χ4v) is 2.33. The van der Waals surface area contributed by atoms with E-state index < -0.39 is 11.9 Å². The highest BCUT2D eigenvalue weighted by Crippen LogP contribution is 2.23. The van der Waals surface area contributed by atoms with Crippen LogP contribution < -0.4 is 26.8 Å². The molecule has 0 atom stereocenters. The van der Waals surface area contributed by atoms with Gasteiger partial charge in [0.25, 0.3) is 0 Å². The van der Waals surface area contributed by atoms with Crippen LogP contribution in [0.5, 0.6) is 5.75 Å². The molecule has 0 bridgehead atoms. The molecule has 9 nitrogen and oxygen atoms in total. The van der Waals surface area contributed by atoms with Crippen LogP contribution in [0, 0.1) is 0 Å². The number of primary amides is 1. The molecule has 3 amide bonds. The minimum atomic E-state index is -0.525. The highest BCUT2D eigenvalue weighted by molar-refractivity contribution is 7.99. The Labute approximate surface area is 142 Å². The van der Waals surface area contributed by atoms with Crippen molar-refractivity contribution in [1.29, 1.82) is 0 Å². The van der Waals surface area contributed by atoms with Gasteiger partial charge in [-0.2, -0.15) is 0 Å². The summed E-state index contributed by atoms with van der Waals surface area (Å²) in [6.45, 7) is 0. The molecule has 126 valence electrons. The standard InChI is InChI=1S/C14H16N6O3S/c1-23-9-5-3-2-4-8(9)17-13(22)19-12-6-10(15)18-14(20-12)24-7-11(16)21/h2-6H,7H2,1H3,(H2,16,21)(H4,15,17,18,19,20,22). The Bertz CT molecular complexity index is 755. The Morgan fingerprint density at radius 3 is 2.71 bits per heavy atom. The quantitative estimate of drug-likeness (QED) is 0.454. The second-order valence-electron chi connectivity index (χ2n) is 4.50. The second-order valence-corrected chi connectivity index (χ2v) is 5.44. The predicted molar refractivity (Wildman–Crippen MR) is 92.0 cm³/mol. The number of hydrogen-bond acceptors (Lipinski definition) is 7. The van der Waals surface area contributed by atoms with Gasteiger partial charge in [-0.05, 0) is 12.1 Å². The Morgan fingerprint density at radius 1 is 1.25 bits per heavy atom. The molecular formula is C14H16N6O3S. The van der Waals surface area contributed by atoms with E-state index in [1.165, 1.54) is 13.2 Å². The number of benzene rings is 1. The number of nitrogens with zero attached hydrogens (tertiary/aromatic N) is 2. The van der Waals surface area contributed by atoms with E-state index in [-0.39, 0.29) is 22.5 Å². The Balaban J connectivity index is 2.07. The molecular weight excluding hydrogens is 332 g/mol. The summed E-state index contributed by atoms with van der Waals surface area (Å²) < 4.78 is 5.15. The smallest absolute Gasteiger partial charge is 0.324 e. The molecule has 24 heavy (non-hydrogen) atoms. The van der Waals surface area contributed by atoms with Crippen LogP contribution >= 0.6 is 11.8 Å². The summed E-state index contributed by atoms with van der Waals surface area (Å²) in [7, 11) is 1.51. The van der Waals surface area contributed by atoms with Crippen molar-refractivity contribution >= 4 is 41.0 Å². The van der Waals surface area contributed by atoms with Crippen molar-refractivity contribution in [3.63, 3.8) is 0 Å². The van der Waals surface area contributed by atoms with Gasteiger partial charge in [0.15, 0.2) is 5.16 Å². The number of rotatable bonds is 6. The lowest BCUT2D eigenvalue weighted by Gasteiger charge is -2.11. The van der Waals surface area contributed by atoms with Crippen LogP contribution in [0.3, 0.4) is 0 Å². The summed E-state index contributed by atoms with van der Waals surface area (Å²) in [6.07, 6.45) is 0. The molecule has 10 heteroatoms. The van der Waals surface area contributed by atoms with E-state index in [1.54, 1.807) is 24.3 Å². The van der Waals surface area contributed by atoms with Gasteiger partial charge in [0.05, 0.1) is 18.6 Å². The number of ether oxygens (including phenoxy) is 1. The van der Waals surface area contributed by atoms with Crippen LogP contribution in [0.2, 0.25) is 0 Å². The van der Waals surface area contributed by atoms with Gasteiger partial charge in [-0.1, -0.05) is 23.9 Å². The summed E-state index contributed by atoms with van der Waals surface area (Å²) in [5.74, 6) is 0.379. The van der Waals surface area contributed by atoms with E-state index in [0.717, 1.165) is 11.8 Å². The predicted octanol–water partition coefficient (Wildman–Crippen LogP) is 1.29. The highest BCUT2D eigenvalue weighted by Gasteiger charge is 2.10. The van der Waals surface area contributed by atoms with E-state index in [0.29, 0.717) is 11.4 Å². The number of urea groups is 1. The molecule has 0 aliphatic rings. The largest absolute Gasteiger partial charge is 0.495 e. The van der Waals surface area contributed by atoms with Crippen LogP contribution in [0.15, 0.2) is 35.5 Å². The van der Waals surface area contributed by atoms with Gasteiger partial charge in [0, 0.05) is 6.07 Å². The number of nitrogen functional groups attached to an aromatic ring is 1. The number of carbonyl (C=O) groups excluding carboxylic acids is 2. The zero-order valence-electron chi connectivity index (χ0n) is 12.8. The summed E-state index contributed by atoms with van der Waals surface area (Å²) in [6, 6.07) is 7.84. The van der Waals surface area contributed by atoms with Crippen molar-refractivity contribution in [2.45, 2.75) is 5.16 Å². The third-order valence-corrected chi connectivity index (χ3v) is 3.54. The second kappa shape index (κ2) is 8.02. The van der Waals surface area contributed by atoms with Gasteiger partial charge in [-0.25, -0.2) is 14.8 Å². The highest BCUT2D eigenvalue weighted by atomic mass is 32.2. The number of thioether (sulfide) groups is 1. The minimum absolute atomic E-state index is 0.0102. The van der Waals surface area contributed by atoms with Gasteiger partial charge >= 0.3 is 6.03 Å². The molecule has 0 radical (unpaired) electrons. The fourth-order valence-electron chi connectivity index (χ4n) is 1.73. The average molecular weight is 348 g/mol. The lowest BCUT2D eigenvalue weighted by atomic mass is 10.3. The topological polar surface area (TPSA) is 145 Å². The first-order chi connectivity index (χ1) is 11.5. The number of amides is 3. The van der Waals surface area contributed by atoms with Gasteiger partial charge in [0.1, 0.15) is 17.4 Å². The number of methoxy groups -OCH3 is 1. The molecule has 2 aromatic rings. The summed E-state index contributed by atoms with van der Waals surface area (Å²) in [4.78, 5) is 30.9. The number of anilines is 3. The lowest BCUT2D eigenvalue weighted by molar-refractivity contribution is -0.115. The van der Waals surface area contributed by atoms with Gasteiger partial charge in [-0.15, -0.1) is 0 Å². The molecule has 0 saturated carbocycles. The third kappa shape index (κ3) is 5.02. The Kier molecular flexibility index (Phi) is 5.79. The monoisotopic (exact) mass is 348 g/mol. The van der Waals surface area contributed by atoms with Crippen LogP contribution in [-0.4, -0.2) is 34.8 Å². The van der Waals surface area contributed by atoms with Crippen LogP contribution in [-0.2, 0) is 4.79 Å². The normalized spacial score (nSPS) is 10.0. The molecule has 2 rings (SSSR count). The maximum absolute atomic E-state index is 12.1. The number of nitrogens with two attached hydrogens (primary N) is 2. The average Bonchev–Trinajstić information content (AvgIpc) is 2.52. The number of para-hydroxylation sites is 2. The SMILES string of the molecule is COc1ccccc1NC(=O)Nc1cc(N)nc(SCC(N)=O)n1. The van der Waals surface area contributed by atoms with Crippen molar-refractivity contribution in [3.8, 4) is 5.75 Å². The van der Waals surface area contributed by atoms with Crippen LogP contribution in [0.1, 0.15) is 0 Å². The molecule has 1 aromatic heterocycles. The Hall–Kier alpha value is -3.01. The first-order valence-corrected chi connectivity index (χ1v) is 7.73. The first-order valence-electron chi connectivity index (χ1n) is 6.74.